The minimum atomic E-state index is -0.0861. The van der Waals surface area contributed by atoms with E-state index >= 15 is 0 Å². The molecule has 1 aliphatic carbocycles. The average Bonchev–Trinajstić information content (AvgIpc) is 3.15. The summed E-state index contributed by atoms with van der Waals surface area (Å²) in [5.74, 6) is 2.07. The highest BCUT2D eigenvalue weighted by atomic mass is 16.5. The highest BCUT2D eigenvalue weighted by molar-refractivity contribution is 5.76. The number of ether oxygens (including phenoxy) is 1. The molecule has 1 aromatic carbocycles. The standard InChI is InChI=1S/C22H33NO2.68H2/c1-7-8-19(24)23-15(5)13(3)18-10-9-17-11-12(2)22-20(21(17)18)14(4)16(6)25-22;;;;;;;;;;;;;;;;;;;;;;;;;;;;;;;;;;;;;;;;;;;;;;;;;;;;;;;;;;;;;;;;;;;;/h11,13-16,18H,7-10H2,1-6H3,(H,23,24);68*1H/t13?,14?,15?,16?,18-;;;;;;;;;;;;;;;;;;;;;;;;;;;;;;;;;;;;;;;;;;;;;;;;;;;;;;;;;;;;;;;;;;;;/m0..................................................................../s1/i/hD. The van der Waals surface area contributed by atoms with Crippen LogP contribution < -0.4 is 10.0 Å². The van der Waals surface area contributed by atoms with Crippen molar-refractivity contribution in [2.75, 3.05) is 0 Å². The number of aryl methyl sites for hydroxylation is 2. The molecule has 1 amide bonds. The summed E-state index contributed by atoms with van der Waals surface area (Å²) < 4.78 is 14.5. The van der Waals surface area contributed by atoms with Gasteiger partial charge in [0.05, 0.1) is 0 Å². The summed E-state index contributed by atoms with van der Waals surface area (Å²) >= 11 is 0. The Labute approximate surface area is 255 Å². The van der Waals surface area contributed by atoms with Gasteiger partial charge in [-0.15, -0.1) is 0 Å². The molecule has 1 heterocycles. The van der Waals surface area contributed by atoms with E-state index in [9.17, 15) is 4.79 Å². The van der Waals surface area contributed by atoms with Gasteiger partial charge in [-0.1, -0.05) is 26.8 Å². The summed E-state index contributed by atoms with van der Waals surface area (Å²) in [6, 6.07) is 2.22. The molecule has 0 bridgehead atoms. The van der Waals surface area contributed by atoms with Gasteiger partial charge in [-0.2, -0.15) is 0 Å². The lowest BCUT2D eigenvalue weighted by molar-refractivity contribution is -0.122. The van der Waals surface area contributed by atoms with Crippen LogP contribution in [0.25, 0.3) is 0 Å². The normalized spacial score (nSPS) is 27.1. The fourth-order valence-electron chi connectivity index (χ4n) is 4.63. The molecule has 274 valence electrons. The molecule has 25 heavy (non-hydrogen) atoms. The van der Waals surface area contributed by atoms with E-state index in [0.717, 1.165) is 25.0 Å². The molecule has 0 spiro atoms. The first-order chi connectivity index (χ1) is 12.3. The topological polar surface area (TPSA) is 38.3 Å². The van der Waals surface area contributed by atoms with Crippen LogP contribution in [0.3, 0.4) is 0 Å². The lowest BCUT2D eigenvalue weighted by atomic mass is 9.79. The van der Waals surface area contributed by atoms with Crippen molar-refractivity contribution in [1.29, 1.82) is 0 Å². The summed E-state index contributed by atoms with van der Waals surface area (Å²) in [4.78, 5) is 12.2. The molecule has 0 saturated heterocycles. The molecule has 0 fully saturated rings. The molecule has 3 rings (SSSR count). The second-order valence-electron chi connectivity index (χ2n) is 8.14. The van der Waals surface area contributed by atoms with Crippen molar-refractivity contribution in [3.63, 3.8) is 0 Å². The Morgan fingerprint density at radius 1 is 1.44 bits per heavy atom. The van der Waals surface area contributed by atoms with Crippen molar-refractivity contribution in [2.45, 2.75) is 91.2 Å². The highest BCUT2D eigenvalue weighted by Gasteiger charge is 2.39. The summed E-state index contributed by atoms with van der Waals surface area (Å²) in [5.41, 5.74) is 5.55. The average molecular weight is 482 g/mol. The minimum Gasteiger partial charge on any atom is -0.490 e. The third-order valence-electron chi connectivity index (χ3n) is 6.40. The number of carbonyl (C=O) groups excluding carboxylic acids is 1. The Morgan fingerprint density at radius 3 is 2.84 bits per heavy atom. The number of hydrogen-bond donors (Lipinski definition) is 1. The quantitative estimate of drug-likeness (QED) is 0.454. The number of fused-ring (bicyclic) bond motifs is 3. The zero-order valence-corrected chi connectivity index (χ0v) is 16.6. The van der Waals surface area contributed by atoms with Crippen LogP contribution in [0.4, 0.5) is 0 Å². The molecule has 1 N–H and O–H groups in total. The van der Waals surface area contributed by atoms with E-state index in [1.165, 1.54) is 27.6 Å². The third-order valence-corrected chi connectivity index (χ3v) is 6.40. The SMILES string of the molecule is [2H]N(C(=O)CCC)C(C)C(C)[C@@H]1CCc2cc(C)c3c(c21)C(C)C(C)O3.[HH].[HH].[HH].[HH].[HH].[HH].[HH].[HH].[HH].[HH].[HH].[HH].[HH].[HH].[HH].[HH].[HH].[HH].[HH].[HH].[HH].[HH].[HH].[HH].[HH].[HH].[HH].[HH].[HH].[HH].[HH].[HH].[HH].[HH].[HH].[HH].[HH].[HH].[HH].[HH].[HH].[HH].[HH].[HH].[HH].[HH].[HH].[HH].[HH].[HH].[HH].[HH].[HH].[HH].[HH].[HH].[HH].[HH].[HH].[HH].[HH].[HH].[HH].[HH].[HH].[HH].[HH].[HH]. The molecule has 1 aromatic rings. The predicted molar refractivity (Wildman–Crippen MR) is 246 cm³/mol. The van der Waals surface area contributed by atoms with Gasteiger partial charge in [-0.25, -0.2) is 0 Å². The van der Waals surface area contributed by atoms with Gasteiger partial charge in [-0.05, 0) is 68.6 Å². The van der Waals surface area contributed by atoms with Crippen LogP contribution in [0.1, 0.15) is 185 Å². The van der Waals surface area contributed by atoms with Crippen molar-refractivity contribution in [3.8, 4) is 5.75 Å². The van der Waals surface area contributed by atoms with E-state index in [1.807, 2.05) is 13.8 Å². The first-order valence-corrected chi connectivity index (χ1v) is 9.91. The van der Waals surface area contributed by atoms with E-state index in [4.69, 9.17) is 6.15 Å². The van der Waals surface area contributed by atoms with Crippen molar-refractivity contribution in [3.05, 3.63) is 28.3 Å². The van der Waals surface area contributed by atoms with E-state index < -0.39 is 0 Å². The number of rotatable bonds is 5. The van der Waals surface area contributed by atoms with Crippen LogP contribution in [0, 0.1) is 12.8 Å². The van der Waals surface area contributed by atoms with Crippen LogP contribution in [0.2, 0.25) is 1.41 Å². The smallest absolute Gasteiger partial charge is 0.220 e. The Bertz CT molecular complexity index is 774. The van der Waals surface area contributed by atoms with E-state index in [2.05, 4.69) is 33.8 Å². The van der Waals surface area contributed by atoms with Crippen LogP contribution >= 0.6 is 0 Å². The molecular weight excluding hydrogens is 310 g/mol. The highest BCUT2D eigenvalue weighted by Crippen LogP contribution is 2.51. The first kappa shape index (κ1) is 16.9. The fraction of sp³-hybridized carbons (Fsp3) is 0.682. The second-order valence-corrected chi connectivity index (χ2v) is 8.14. The van der Waals surface area contributed by atoms with Crippen LogP contribution in [-0.4, -0.2) is 18.1 Å². The van der Waals surface area contributed by atoms with Gasteiger partial charge in [0.25, 0.3) is 0 Å². The number of nitrogens with one attached hydrogen (secondary N) is 1. The monoisotopic (exact) mass is 481 g/mol. The predicted octanol–water partition coefficient (Wildman–Crippen LogP) is 21.6. The fourth-order valence-corrected chi connectivity index (χ4v) is 4.63. The Kier molecular flexibility index (Phi) is 4.75. The maximum Gasteiger partial charge on any atom is 0.220 e. The third kappa shape index (κ3) is 3.18. The molecule has 2 aliphatic rings. The van der Waals surface area contributed by atoms with Gasteiger partial charge < -0.3 is 10.0 Å². The van der Waals surface area contributed by atoms with Gasteiger partial charge in [0, 0.05) is 121 Å². The van der Waals surface area contributed by atoms with Gasteiger partial charge in [-0.3, -0.25) is 4.79 Å². The number of benzene rings is 1. The largest absolute Gasteiger partial charge is 0.490 e. The molecule has 3 heteroatoms. The maximum atomic E-state index is 12.2. The molecule has 0 aromatic heterocycles. The van der Waals surface area contributed by atoms with E-state index in [-0.39, 0.29) is 121 Å². The van der Waals surface area contributed by atoms with Crippen molar-refractivity contribution < 1.29 is 108 Å². The van der Waals surface area contributed by atoms with Crippen LogP contribution in [0.5, 0.6) is 5.75 Å². The molecule has 4 unspecified atom stereocenters. The van der Waals surface area contributed by atoms with Gasteiger partial charge in [0.1, 0.15) is 11.9 Å². The lowest BCUT2D eigenvalue weighted by Crippen LogP contribution is -2.39. The minimum absolute atomic E-state index is 0. The summed E-state index contributed by atoms with van der Waals surface area (Å²) in [7, 11) is 0. The lowest BCUT2D eigenvalue weighted by Gasteiger charge is -2.29. The molecule has 3 nitrogen and oxygen atoms in total. The summed E-state index contributed by atoms with van der Waals surface area (Å²) in [6.07, 6.45) is 3.66. The Morgan fingerprint density at radius 2 is 2.16 bits per heavy atom. The Balaban J connectivity index is -0.00000000180. The van der Waals surface area contributed by atoms with Crippen molar-refractivity contribution in [1.82, 2.24) is 5.31 Å². The summed E-state index contributed by atoms with van der Waals surface area (Å²) in [5, 5.41) is 1.23. The maximum absolute atomic E-state index is 12.2. The van der Waals surface area contributed by atoms with E-state index in [0.29, 0.717) is 18.3 Å². The van der Waals surface area contributed by atoms with Crippen LogP contribution in [0.15, 0.2) is 6.07 Å². The van der Waals surface area contributed by atoms with Gasteiger partial charge >= 0.3 is 0 Å². The number of hydrogen-bond acceptors (Lipinski definition) is 2. The number of carbonyl (C=O) groups is 1. The molecule has 0 saturated carbocycles. The summed E-state index contributed by atoms with van der Waals surface area (Å²) in [6.45, 7) is 12.8. The van der Waals surface area contributed by atoms with Crippen molar-refractivity contribution >= 4 is 5.91 Å². The molecule has 5 atom stereocenters. The molecule has 1 aliphatic heterocycles. The number of amides is 1. The van der Waals surface area contributed by atoms with Crippen molar-refractivity contribution in [2.24, 2.45) is 5.92 Å². The second kappa shape index (κ2) is 7.01. The van der Waals surface area contributed by atoms with Gasteiger partial charge in [0.2, 0.25) is 5.91 Å². The zero-order chi connectivity index (χ0) is 19.2. The van der Waals surface area contributed by atoms with E-state index in [1.54, 1.807) is 0 Å². The van der Waals surface area contributed by atoms with Crippen LogP contribution in [-0.2, 0) is 11.2 Å². The first-order valence-electron chi connectivity index (χ1n) is 10.4. The van der Waals surface area contributed by atoms with Gasteiger partial charge in [0.15, 0.2) is 1.41 Å². The zero-order valence-electron chi connectivity index (χ0n) is 17.6. The molecular formula is C22H169NO2. The Hall–Kier alpha value is -1.51. The molecule has 0 radical (unpaired) electrons.